The lowest BCUT2D eigenvalue weighted by atomic mass is 10.1. The van der Waals surface area contributed by atoms with E-state index in [1.54, 1.807) is 41.8 Å². The van der Waals surface area contributed by atoms with Gasteiger partial charge in [-0.05, 0) is 31.4 Å². The minimum absolute atomic E-state index is 0.0791. The number of carbonyl (C=O) groups excluding carboxylic acids is 2. The van der Waals surface area contributed by atoms with Crippen molar-refractivity contribution in [3.8, 4) is 0 Å². The maximum Gasteiger partial charge on any atom is 0.290 e. The maximum atomic E-state index is 12.5. The Kier molecular flexibility index (Phi) is 4.62. The van der Waals surface area contributed by atoms with Crippen molar-refractivity contribution in [2.24, 2.45) is 0 Å². The summed E-state index contributed by atoms with van der Waals surface area (Å²) in [5.74, 6) is -1.000. The Bertz CT molecular complexity index is 993. The van der Waals surface area contributed by atoms with Gasteiger partial charge in [0.25, 0.3) is 17.4 Å². The topological polar surface area (TPSA) is 93.1 Å². The van der Waals surface area contributed by atoms with Crippen LogP contribution >= 0.6 is 11.3 Å². The van der Waals surface area contributed by atoms with E-state index in [9.17, 15) is 14.4 Å². The lowest BCUT2D eigenvalue weighted by molar-refractivity contribution is 0.0845. The molecule has 0 spiro atoms. The molecule has 1 aromatic carbocycles. The molecule has 3 rings (SSSR count). The van der Waals surface area contributed by atoms with Crippen LogP contribution in [0.15, 0.2) is 46.6 Å². The first-order valence-corrected chi connectivity index (χ1v) is 8.52. The molecule has 0 aliphatic rings. The van der Waals surface area contributed by atoms with E-state index in [-0.39, 0.29) is 17.3 Å². The number of carbonyl (C=O) groups is 2. The van der Waals surface area contributed by atoms with E-state index in [0.717, 1.165) is 0 Å². The molecule has 2 N–H and O–H groups in total. The summed E-state index contributed by atoms with van der Waals surface area (Å²) in [5, 5.41) is 6.79. The lowest BCUT2D eigenvalue weighted by Crippen LogP contribution is -2.42. The van der Waals surface area contributed by atoms with Crippen LogP contribution in [-0.4, -0.2) is 21.6 Å². The third-order valence-corrected chi connectivity index (χ3v) is 4.44. The number of nitrogens with zero attached hydrogens (tertiary/aromatic N) is 2. The molecule has 0 aliphatic carbocycles. The van der Waals surface area contributed by atoms with E-state index >= 15 is 0 Å². The van der Waals surface area contributed by atoms with Crippen molar-refractivity contribution in [1.82, 2.24) is 20.6 Å². The standard InChI is InChI=1S/C17H16N4O3S/c1-10(2)21-17(24)12-7-4-3-6-11(12)14(20-21)16(23)19-18-15(22)13-8-5-9-25-13/h3-10H,1-2H3,(H,18,22)(H,19,23). The van der Waals surface area contributed by atoms with Crippen molar-refractivity contribution < 1.29 is 9.59 Å². The number of nitrogens with one attached hydrogen (secondary N) is 2. The van der Waals surface area contributed by atoms with Crippen LogP contribution in [0.5, 0.6) is 0 Å². The summed E-state index contributed by atoms with van der Waals surface area (Å²) in [6.45, 7) is 3.62. The summed E-state index contributed by atoms with van der Waals surface area (Å²) >= 11 is 1.26. The van der Waals surface area contributed by atoms with E-state index in [2.05, 4.69) is 16.0 Å². The number of benzene rings is 1. The van der Waals surface area contributed by atoms with Crippen LogP contribution < -0.4 is 16.4 Å². The van der Waals surface area contributed by atoms with Crippen LogP contribution in [0.1, 0.15) is 40.0 Å². The number of hydrazine groups is 1. The van der Waals surface area contributed by atoms with Gasteiger partial charge in [-0.25, -0.2) is 4.68 Å². The minimum atomic E-state index is -0.587. The third-order valence-electron chi connectivity index (χ3n) is 3.57. The van der Waals surface area contributed by atoms with Crippen LogP contribution in [0.3, 0.4) is 0 Å². The number of hydrogen-bond donors (Lipinski definition) is 2. The summed E-state index contributed by atoms with van der Waals surface area (Å²) < 4.78 is 1.26. The summed E-state index contributed by atoms with van der Waals surface area (Å²) in [4.78, 5) is 37.4. The molecule has 0 aliphatic heterocycles. The van der Waals surface area contributed by atoms with Gasteiger partial charge >= 0.3 is 0 Å². The van der Waals surface area contributed by atoms with Crippen LogP contribution in [0.2, 0.25) is 0 Å². The molecule has 25 heavy (non-hydrogen) atoms. The number of amides is 2. The Hall–Kier alpha value is -3.00. The highest BCUT2D eigenvalue weighted by Gasteiger charge is 2.18. The van der Waals surface area contributed by atoms with Gasteiger partial charge in [-0.2, -0.15) is 5.10 Å². The molecule has 0 atom stereocenters. The van der Waals surface area contributed by atoms with Crippen molar-refractivity contribution in [3.63, 3.8) is 0 Å². The fourth-order valence-corrected chi connectivity index (χ4v) is 2.99. The number of aromatic nitrogens is 2. The van der Waals surface area contributed by atoms with Gasteiger partial charge in [0, 0.05) is 5.39 Å². The van der Waals surface area contributed by atoms with Gasteiger partial charge < -0.3 is 0 Å². The molecular weight excluding hydrogens is 340 g/mol. The highest BCUT2D eigenvalue weighted by molar-refractivity contribution is 7.12. The van der Waals surface area contributed by atoms with Crippen LogP contribution in [0.4, 0.5) is 0 Å². The fraction of sp³-hybridized carbons (Fsp3) is 0.176. The van der Waals surface area contributed by atoms with Crippen molar-refractivity contribution in [1.29, 1.82) is 0 Å². The summed E-state index contributed by atoms with van der Waals surface area (Å²) in [7, 11) is 0. The van der Waals surface area contributed by atoms with Crippen LogP contribution in [0.25, 0.3) is 10.8 Å². The van der Waals surface area contributed by atoms with Crippen molar-refractivity contribution in [2.75, 3.05) is 0 Å². The van der Waals surface area contributed by atoms with Crippen LogP contribution in [-0.2, 0) is 0 Å². The Balaban J connectivity index is 1.94. The Morgan fingerprint density at radius 3 is 2.36 bits per heavy atom. The molecule has 0 fully saturated rings. The zero-order valence-electron chi connectivity index (χ0n) is 13.6. The van der Waals surface area contributed by atoms with Gasteiger partial charge in [-0.15, -0.1) is 11.3 Å². The Morgan fingerprint density at radius 2 is 1.72 bits per heavy atom. The van der Waals surface area contributed by atoms with E-state index in [1.807, 2.05) is 13.8 Å². The summed E-state index contributed by atoms with van der Waals surface area (Å²) in [6, 6.07) is 9.96. The molecule has 3 aromatic rings. The lowest BCUT2D eigenvalue weighted by Gasteiger charge is -2.13. The van der Waals surface area contributed by atoms with Crippen LogP contribution in [0, 0.1) is 0 Å². The molecule has 2 aromatic heterocycles. The number of fused-ring (bicyclic) bond motifs is 1. The summed E-state index contributed by atoms with van der Waals surface area (Å²) in [5.41, 5.74) is 4.53. The normalized spacial score (nSPS) is 10.8. The van der Waals surface area contributed by atoms with Crippen molar-refractivity contribution in [2.45, 2.75) is 19.9 Å². The first-order valence-electron chi connectivity index (χ1n) is 7.65. The number of hydrogen-bond acceptors (Lipinski definition) is 5. The molecule has 0 bridgehead atoms. The molecule has 2 amide bonds. The van der Waals surface area contributed by atoms with E-state index < -0.39 is 11.8 Å². The summed E-state index contributed by atoms with van der Waals surface area (Å²) in [6.07, 6.45) is 0. The highest BCUT2D eigenvalue weighted by Crippen LogP contribution is 2.14. The Morgan fingerprint density at radius 1 is 1.04 bits per heavy atom. The molecule has 0 saturated heterocycles. The van der Waals surface area contributed by atoms with E-state index in [0.29, 0.717) is 15.6 Å². The van der Waals surface area contributed by atoms with Crippen molar-refractivity contribution in [3.05, 3.63) is 62.7 Å². The fourth-order valence-electron chi connectivity index (χ4n) is 2.37. The zero-order valence-corrected chi connectivity index (χ0v) is 14.5. The molecule has 7 nitrogen and oxygen atoms in total. The molecule has 128 valence electrons. The third kappa shape index (κ3) is 3.29. The number of thiophene rings is 1. The maximum absolute atomic E-state index is 12.5. The molecule has 0 saturated carbocycles. The molecule has 0 unspecified atom stereocenters. The van der Waals surface area contributed by atoms with E-state index in [4.69, 9.17) is 0 Å². The molecular formula is C17H16N4O3S. The van der Waals surface area contributed by atoms with Gasteiger partial charge in [-0.1, -0.05) is 24.3 Å². The minimum Gasteiger partial charge on any atom is -0.267 e. The van der Waals surface area contributed by atoms with Gasteiger partial charge in [0.2, 0.25) is 0 Å². The van der Waals surface area contributed by atoms with Gasteiger partial charge in [0.1, 0.15) is 0 Å². The first kappa shape index (κ1) is 16.8. The second kappa shape index (κ2) is 6.86. The Labute approximate surface area is 147 Å². The largest absolute Gasteiger partial charge is 0.290 e. The predicted molar refractivity (Wildman–Crippen MR) is 95.6 cm³/mol. The quantitative estimate of drug-likeness (QED) is 0.703. The second-order valence-corrected chi connectivity index (χ2v) is 6.57. The smallest absolute Gasteiger partial charge is 0.267 e. The second-order valence-electron chi connectivity index (χ2n) is 5.62. The average molecular weight is 356 g/mol. The average Bonchev–Trinajstić information content (AvgIpc) is 3.14. The predicted octanol–water partition coefficient (Wildman–Crippen LogP) is 2.11. The molecule has 0 radical (unpaired) electrons. The van der Waals surface area contributed by atoms with E-state index in [1.165, 1.54) is 16.0 Å². The number of rotatable bonds is 3. The van der Waals surface area contributed by atoms with Crippen molar-refractivity contribution >= 4 is 33.9 Å². The zero-order chi connectivity index (χ0) is 18.0. The molecule has 2 heterocycles. The van der Waals surface area contributed by atoms with Gasteiger partial charge in [-0.3, -0.25) is 25.2 Å². The molecule has 8 heteroatoms. The van der Waals surface area contributed by atoms with Gasteiger partial charge in [0.05, 0.1) is 16.3 Å². The van der Waals surface area contributed by atoms with Gasteiger partial charge in [0.15, 0.2) is 5.69 Å². The monoisotopic (exact) mass is 356 g/mol. The SMILES string of the molecule is CC(C)n1nc(C(=O)NNC(=O)c2cccs2)c2ccccc2c1=O. The highest BCUT2D eigenvalue weighted by atomic mass is 32.1. The first-order chi connectivity index (χ1) is 12.0.